The number of rotatable bonds is 10. The minimum Gasteiger partial charge on any atom is -0.466 e. The summed E-state index contributed by atoms with van der Waals surface area (Å²) in [6.45, 7) is 3.87. The Bertz CT molecular complexity index is 1060. The molecule has 1 aromatic carbocycles. The molecule has 1 saturated carbocycles. The minimum absolute atomic E-state index is 0. The summed E-state index contributed by atoms with van der Waals surface area (Å²) in [7, 11) is 0. The van der Waals surface area contributed by atoms with Crippen LogP contribution in [-0.4, -0.2) is 56.6 Å². The molecular weight excluding hydrogens is 491 g/mol. The van der Waals surface area contributed by atoms with E-state index in [0.29, 0.717) is 50.3 Å². The minimum atomic E-state index is -0.587. The van der Waals surface area contributed by atoms with Gasteiger partial charge in [-0.2, -0.15) is 27.6 Å². The number of aryl methyl sites for hydroxylation is 1. The molecule has 1 aliphatic heterocycles. The second kappa shape index (κ2) is 12.6. The van der Waals surface area contributed by atoms with E-state index in [9.17, 15) is 14.0 Å². The first-order valence-corrected chi connectivity index (χ1v) is 12.4. The monoisotopic (exact) mass is 522 g/mol. The molecule has 35 heavy (non-hydrogen) atoms. The van der Waals surface area contributed by atoms with Crippen molar-refractivity contribution < 1.29 is 18.7 Å². The van der Waals surface area contributed by atoms with Crippen LogP contribution in [0.4, 0.5) is 4.39 Å². The van der Waals surface area contributed by atoms with Crippen LogP contribution in [0, 0.1) is 11.7 Å². The average molecular weight is 523 g/mol. The molecule has 10 heteroatoms. The third-order valence-electron chi connectivity index (χ3n) is 6.25. The third-order valence-corrected chi connectivity index (χ3v) is 6.84. The Hall–Kier alpha value is -2.23. The molecule has 7 nitrogen and oxygen atoms in total. The molecule has 2 aromatic rings. The van der Waals surface area contributed by atoms with Crippen LogP contribution in [-0.2, 0) is 20.9 Å². The van der Waals surface area contributed by atoms with Crippen molar-refractivity contribution in [3.8, 4) is 0 Å². The van der Waals surface area contributed by atoms with Crippen LogP contribution in [0.5, 0.6) is 0 Å². The molecule has 1 saturated heterocycles. The molecule has 0 spiro atoms. The fraction of sp³-hybridized carbons (Fsp3) is 0.520. The molecule has 0 amide bonds. The maximum Gasteiger partial charge on any atom is 0.305 e. The summed E-state index contributed by atoms with van der Waals surface area (Å²) in [4.78, 5) is 28.3. The molecule has 2 atom stereocenters. The molecule has 4 rings (SSSR count). The van der Waals surface area contributed by atoms with Crippen LogP contribution in [0.2, 0.25) is 0 Å². The normalized spacial score (nSPS) is 20.3. The van der Waals surface area contributed by atoms with Crippen molar-refractivity contribution in [1.29, 1.82) is 0 Å². The highest BCUT2D eigenvalue weighted by atomic mass is 35.5. The van der Waals surface area contributed by atoms with Crippen molar-refractivity contribution in [2.45, 2.75) is 56.9 Å². The molecule has 2 aliphatic rings. The van der Waals surface area contributed by atoms with E-state index < -0.39 is 6.04 Å². The van der Waals surface area contributed by atoms with Gasteiger partial charge in [0, 0.05) is 36.2 Å². The van der Waals surface area contributed by atoms with Crippen molar-refractivity contribution >= 4 is 42.9 Å². The lowest BCUT2D eigenvalue weighted by molar-refractivity contribution is -0.143. The van der Waals surface area contributed by atoms with E-state index in [0.717, 1.165) is 24.8 Å². The highest BCUT2D eigenvalue weighted by Crippen LogP contribution is 2.39. The SMILES string of the molecule is CCOC(=O)CCCn1ncc(/C=C2\CN(C(C(=O)C3CC3)c3ccccc3F)CCC2S)n1.Cl. The van der Waals surface area contributed by atoms with Gasteiger partial charge in [0.15, 0.2) is 5.78 Å². The van der Waals surface area contributed by atoms with E-state index in [2.05, 4.69) is 15.1 Å². The van der Waals surface area contributed by atoms with E-state index in [1.165, 1.54) is 6.07 Å². The van der Waals surface area contributed by atoms with Gasteiger partial charge in [-0.25, -0.2) is 4.39 Å². The number of ether oxygens (including phenoxy) is 1. The second-order valence-corrected chi connectivity index (χ2v) is 9.49. The lowest BCUT2D eigenvalue weighted by Crippen LogP contribution is -2.42. The second-order valence-electron chi connectivity index (χ2n) is 8.87. The van der Waals surface area contributed by atoms with Crippen molar-refractivity contribution in [3.05, 3.63) is 53.1 Å². The van der Waals surface area contributed by atoms with Crippen molar-refractivity contribution in [3.63, 3.8) is 0 Å². The lowest BCUT2D eigenvalue weighted by atomic mass is 9.93. The van der Waals surface area contributed by atoms with Crippen molar-refractivity contribution in [2.24, 2.45) is 5.92 Å². The van der Waals surface area contributed by atoms with E-state index in [-0.39, 0.29) is 41.1 Å². The number of aromatic nitrogens is 3. The number of benzene rings is 1. The molecule has 0 bridgehead atoms. The predicted molar refractivity (Wildman–Crippen MR) is 137 cm³/mol. The first-order valence-electron chi connectivity index (χ1n) is 11.9. The topological polar surface area (TPSA) is 77.3 Å². The van der Waals surface area contributed by atoms with E-state index in [4.69, 9.17) is 17.4 Å². The fourth-order valence-electron chi connectivity index (χ4n) is 4.35. The molecule has 1 aliphatic carbocycles. The molecule has 0 N–H and O–H groups in total. The fourth-order valence-corrected chi connectivity index (χ4v) is 4.62. The number of carbonyl (C=O) groups is 2. The number of hydrogen-bond donors (Lipinski definition) is 1. The molecule has 190 valence electrons. The highest BCUT2D eigenvalue weighted by Gasteiger charge is 2.40. The summed E-state index contributed by atoms with van der Waals surface area (Å²) in [5.41, 5.74) is 2.17. The molecule has 0 radical (unpaired) electrons. The van der Waals surface area contributed by atoms with E-state index in [1.807, 2.05) is 6.08 Å². The Morgan fingerprint density at radius 3 is 2.77 bits per heavy atom. The van der Waals surface area contributed by atoms with Crippen LogP contribution in [0.1, 0.15) is 56.3 Å². The number of halogens is 2. The van der Waals surface area contributed by atoms with Gasteiger partial charge >= 0.3 is 5.97 Å². The zero-order chi connectivity index (χ0) is 24.1. The molecule has 2 fully saturated rings. The Balaban J connectivity index is 0.00000342. The smallest absolute Gasteiger partial charge is 0.305 e. The number of carbonyl (C=O) groups excluding carboxylic acids is 2. The summed E-state index contributed by atoms with van der Waals surface area (Å²) in [5, 5.41) is 8.81. The summed E-state index contributed by atoms with van der Waals surface area (Å²) in [6.07, 6.45) is 7.08. The number of likely N-dealkylation sites (tertiary alicyclic amines) is 1. The number of piperidine rings is 1. The van der Waals surface area contributed by atoms with Gasteiger partial charge in [-0.05, 0) is 50.3 Å². The van der Waals surface area contributed by atoms with Crippen LogP contribution in [0.3, 0.4) is 0 Å². The third kappa shape index (κ3) is 7.15. The maximum absolute atomic E-state index is 14.7. The molecule has 2 heterocycles. The van der Waals surface area contributed by atoms with Gasteiger partial charge in [-0.3, -0.25) is 14.5 Å². The van der Waals surface area contributed by atoms with Gasteiger partial charge in [-0.1, -0.05) is 18.2 Å². The van der Waals surface area contributed by atoms with Gasteiger partial charge in [0.25, 0.3) is 0 Å². The first kappa shape index (κ1) is 27.4. The molecule has 2 unspecified atom stereocenters. The summed E-state index contributed by atoms with van der Waals surface area (Å²) < 4.78 is 19.6. The Labute approximate surface area is 216 Å². The summed E-state index contributed by atoms with van der Waals surface area (Å²) in [6, 6.07) is 5.99. The number of esters is 1. The van der Waals surface area contributed by atoms with Gasteiger partial charge < -0.3 is 4.74 Å². The van der Waals surface area contributed by atoms with Gasteiger partial charge in [0.05, 0.1) is 25.4 Å². The average Bonchev–Trinajstić information content (AvgIpc) is 3.58. The summed E-state index contributed by atoms with van der Waals surface area (Å²) >= 11 is 4.75. The van der Waals surface area contributed by atoms with Gasteiger partial charge in [0.2, 0.25) is 0 Å². The zero-order valence-electron chi connectivity index (χ0n) is 19.8. The zero-order valence-corrected chi connectivity index (χ0v) is 21.5. The standard InChI is InChI=1S/C25H31FN4O3S.ClH/c1-2-33-23(31)8-5-12-30-27-15-19(28-30)14-18-16-29(13-11-22(18)34)24(25(32)17-9-10-17)20-6-3-4-7-21(20)26;/h3-4,6-7,14-15,17,22,24,34H,2,5,8-13,16H2,1H3;1H/b18-14+;. The number of hydrogen-bond acceptors (Lipinski definition) is 7. The Morgan fingerprint density at radius 2 is 2.06 bits per heavy atom. The lowest BCUT2D eigenvalue weighted by Gasteiger charge is -2.37. The predicted octanol–water partition coefficient (Wildman–Crippen LogP) is 4.29. The maximum atomic E-state index is 14.7. The number of Topliss-reactive ketones (excluding diaryl/α,β-unsaturated/α-hetero) is 1. The highest BCUT2D eigenvalue weighted by molar-refractivity contribution is 7.81. The van der Waals surface area contributed by atoms with Crippen LogP contribution >= 0.6 is 25.0 Å². The Kier molecular flexibility index (Phi) is 9.89. The van der Waals surface area contributed by atoms with Crippen molar-refractivity contribution in [1.82, 2.24) is 19.9 Å². The van der Waals surface area contributed by atoms with E-state index in [1.54, 1.807) is 36.1 Å². The molecular formula is C25H32ClFN4O3S. The largest absolute Gasteiger partial charge is 0.466 e. The van der Waals surface area contributed by atoms with Gasteiger partial charge in [-0.15, -0.1) is 12.4 Å². The van der Waals surface area contributed by atoms with Crippen molar-refractivity contribution in [2.75, 3.05) is 19.7 Å². The number of thiol groups is 1. The first-order chi connectivity index (χ1) is 16.5. The number of nitrogens with zero attached hydrogens (tertiary/aromatic N) is 4. The Morgan fingerprint density at radius 1 is 1.29 bits per heavy atom. The quantitative estimate of drug-likeness (QED) is 0.370. The van der Waals surface area contributed by atoms with Crippen LogP contribution < -0.4 is 0 Å². The number of ketones is 1. The van der Waals surface area contributed by atoms with Crippen LogP contribution in [0.25, 0.3) is 6.08 Å². The van der Waals surface area contributed by atoms with Gasteiger partial charge in [0.1, 0.15) is 11.5 Å². The van der Waals surface area contributed by atoms with Crippen LogP contribution in [0.15, 0.2) is 36.0 Å². The summed E-state index contributed by atoms with van der Waals surface area (Å²) in [5.74, 6) is -0.428. The molecule has 1 aromatic heterocycles. The van der Waals surface area contributed by atoms with E-state index >= 15 is 0 Å².